The Hall–Kier alpha value is -7.22. The van der Waals surface area contributed by atoms with Gasteiger partial charge in [0, 0.05) is 92.4 Å². The van der Waals surface area contributed by atoms with Crippen molar-refractivity contribution in [3.8, 4) is 0 Å². The Kier molecular flexibility index (Phi) is 214. The second-order valence-corrected chi connectivity index (χ2v) is 11.2. The van der Waals surface area contributed by atoms with E-state index in [2.05, 4.69) is 70.2 Å². The Labute approximate surface area is 550 Å². The molecule has 0 saturated heterocycles. The summed E-state index contributed by atoms with van der Waals surface area (Å²) in [6.07, 6.45) is 29.1. The molecule has 0 atom stereocenters. The first-order chi connectivity index (χ1) is 43.2. The van der Waals surface area contributed by atoms with E-state index in [0.29, 0.717) is 0 Å². The molecule has 0 aliphatic heterocycles. The van der Waals surface area contributed by atoms with E-state index in [-0.39, 0.29) is 0 Å². The number of hydrogen-bond acceptors (Lipinski definition) is 14. The van der Waals surface area contributed by atoms with Crippen molar-refractivity contribution in [2.75, 3.05) is 0 Å². The van der Waals surface area contributed by atoms with Crippen LogP contribution in [0.25, 0.3) is 0 Å². The molecule has 512 valence electrons. The minimum Gasteiger partial charge on any atom is -0.265 e. The third kappa shape index (κ3) is 148. The SMILES string of the molecule is CC.CC.CC.CC.CC.CC.CC.CC.CC.CC.CC.CC.CC.CC.CC.CC.Cc1cccnc1.Cc1cccnn1.Cc1ccncc1.Cc1ccncn1.Cc1ccnnc1.Cc1cnccn1.Cc1cncnc1.Cc1ncccn1. The smallest absolute Gasteiger partial charge is 0.125 e. The van der Waals surface area contributed by atoms with Gasteiger partial charge in [0.2, 0.25) is 0 Å². The van der Waals surface area contributed by atoms with E-state index in [1.165, 1.54) is 23.8 Å². The summed E-state index contributed by atoms with van der Waals surface area (Å²) >= 11 is 0. The second kappa shape index (κ2) is 154. The Morgan fingerprint density at radius 2 is 0.614 bits per heavy atom. The largest absolute Gasteiger partial charge is 0.265 e. The van der Waals surface area contributed by atoms with E-state index in [9.17, 15) is 0 Å². The van der Waals surface area contributed by atoms with Gasteiger partial charge in [-0.15, -0.1) is 0 Å². The first-order valence-electron chi connectivity index (χ1n) is 33.3. The van der Waals surface area contributed by atoms with Gasteiger partial charge in [0.15, 0.2) is 0 Å². The van der Waals surface area contributed by atoms with Crippen LogP contribution in [-0.4, -0.2) is 70.2 Å². The first-order valence-corrected chi connectivity index (χ1v) is 33.3. The maximum Gasteiger partial charge on any atom is 0.125 e. The van der Waals surface area contributed by atoms with Gasteiger partial charge in [-0.05, 0) is 126 Å². The maximum atomic E-state index is 3.92. The van der Waals surface area contributed by atoms with E-state index in [1.807, 2.05) is 332 Å². The quantitative estimate of drug-likeness (QED) is 0.140. The van der Waals surface area contributed by atoms with Crippen molar-refractivity contribution in [1.82, 2.24) is 70.2 Å². The molecule has 8 heterocycles. The minimum absolute atomic E-state index is 0.822. The molecule has 0 amide bonds. The fraction of sp³-hybridized carbons (Fsp3) is 0.541. The molecule has 14 heteroatoms. The fourth-order valence-corrected chi connectivity index (χ4v) is 3.09. The number of aromatic nitrogens is 14. The Morgan fingerprint density at radius 3 is 0.795 bits per heavy atom. The van der Waals surface area contributed by atoms with Crippen LogP contribution >= 0.6 is 0 Å². The zero-order valence-electron chi connectivity index (χ0n) is 65.3. The third-order valence-corrected chi connectivity index (χ3v) is 5.90. The average Bonchev–Trinajstić information content (AvgIpc) is 3.64. The van der Waals surface area contributed by atoms with Gasteiger partial charge in [0.25, 0.3) is 0 Å². The van der Waals surface area contributed by atoms with Crippen LogP contribution in [0.2, 0.25) is 0 Å². The van der Waals surface area contributed by atoms with Crippen molar-refractivity contribution in [2.45, 2.75) is 277 Å². The fourth-order valence-electron chi connectivity index (χ4n) is 3.09. The van der Waals surface area contributed by atoms with E-state index in [4.69, 9.17) is 0 Å². The lowest BCUT2D eigenvalue weighted by Crippen LogP contribution is -1.80. The summed E-state index contributed by atoms with van der Waals surface area (Å²) < 4.78 is 0. The van der Waals surface area contributed by atoms with Crippen LogP contribution in [-0.2, 0) is 0 Å². The third-order valence-electron chi connectivity index (χ3n) is 5.90. The summed E-state index contributed by atoms with van der Waals surface area (Å²) in [5.74, 6) is 0.822. The normalized spacial score (nSPS) is 6.64. The topological polar surface area (TPSA) is 180 Å². The molecule has 0 aliphatic rings. The number of rotatable bonds is 0. The predicted molar refractivity (Wildman–Crippen MR) is 400 cm³/mol. The molecule has 0 radical (unpaired) electrons. The zero-order valence-corrected chi connectivity index (χ0v) is 65.3. The summed E-state index contributed by atoms with van der Waals surface area (Å²) in [5, 5.41) is 14.6. The van der Waals surface area contributed by atoms with Gasteiger partial charge in [0.1, 0.15) is 18.5 Å². The molecule has 0 unspecified atom stereocenters. The summed E-state index contributed by atoms with van der Waals surface area (Å²) in [7, 11) is 0. The van der Waals surface area contributed by atoms with Crippen LogP contribution in [0.1, 0.15) is 267 Å². The molecule has 8 rings (SSSR count). The summed E-state index contributed by atoms with van der Waals surface area (Å²) in [4.78, 5) is 38.4. The van der Waals surface area contributed by atoms with Crippen molar-refractivity contribution in [3.63, 3.8) is 0 Å². The molecule has 88 heavy (non-hydrogen) atoms. The van der Waals surface area contributed by atoms with Crippen LogP contribution in [0.3, 0.4) is 0 Å². The maximum absolute atomic E-state index is 3.92. The summed E-state index contributed by atoms with van der Waals surface area (Å²) in [5.41, 5.74) is 7.65. The molecule has 8 aromatic rings. The highest BCUT2D eigenvalue weighted by molar-refractivity contribution is 5.06. The molecular weight excluding hydrogens is 1080 g/mol. The monoisotopic (exact) mass is 1230 g/mol. The van der Waals surface area contributed by atoms with Gasteiger partial charge in [-0.2, -0.15) is 20.4 Å². The highest BCUT2D eigenvalue weighted by atomic mass is 15.1. The minimum atomic E-state index is 0.822. The average molecular weight is 1230 g/mol. The van der Waals surface area contributed by atoms with E-state index in [0.717, 1.165) is 34.0 Å². The van der Waals surface area contributed by atoms with Crippen LogP contribution < -0.4 is 0 Å². The summed E-state index contributed by atoms with van der Waals surface area (Å²) in [6, 6.07) is 17.2. The number of pyridine rings is 2. The predicted octanol–water partition coefficient (Wildman–Crippen LogP) is 23.9. The second-order valence-electron chi connectivity index (χ2n) is 11.2. The Morgan fingerprint density at radius 1 is 0.205 bits per heavy atom. The van der Waals surface area contributed by atoms with Crippen molar-refractivity contribution in [1.29, 1.82) is 0 Å². The molecule has 8 aromatic heterocycles. The Bertz CT molecular complexity index is 1550. The van der Waals surface area contributed by atoms with Crippen molar-refractivity contribution < 1.29 is 0 Å². The van der Waals surface area contributed by atoms with Crippen LogP contribution in [0.4, 0.5) is 0 Å². The van der Waals surface area contributed by atoms with Gasteiger partial charge >= 0.3 is 0 Å². The van der Waals surface area contributed by atoms with Crippen molar-refractivity contribution in [2.24, 2.45) is 0 Å². The number of hydrogen-bond donors (Lipinski definition) is 0. The Balaban J connectivity index is -0.0000000451. The molecule has 0 aromatic carbocycles. The summed E-state index contributed by atoms with van der Waals surface area (Å²) in [6.45, 7) is 79.6. The molecular formula is C74H146N14. The standard InChI is InChI=1S/2C6H7N.6C5H6N2.16C2H6/c1-6-2-4-7-5-3-6;1-6-3-2-4-7-5-6;1-5-2-6-4-7-3-5;1-5-4-6-2-3-7-5;1-5-2-3-6-4-7-5;1-5-2-3-6-7-4-5;1-5-6-3-2-4-7-5;1-5-3-2-4-6-7-5;16*1-2/h2*2-5H,1H3;6*2-4H,1H3;16*1-2H3. The number of nitrogens with zero attached hydrogens (tertiary/aromatic N) is 14. The lowest BCUT2D eigenvalue weighted by atomic mass is 10.3. The molecule has 0 bridgehead atoms. The zero-order chi connectivity index (χ0) is 72.9. The molecule has 0 N–H and O–H groups in total. The van der Waals surface area contributed by atoms with Gasteiger partial charge in [-0.3, -0.25) is 19.9 Å². The van der Waals surface area contributed by atoms with E-state index >= 15 is 0 Å². The van der Waals surface area contributed by atoms with Gasteiger partial charge in [-0.25, -0.2) is 29.9 Å². The van der Waals surface area contributed by atoms with Crippen LogP contribution in [0.5, 0.6) is 0 Å². The van der Waals surface area contributed by atoms with Gasteiger partial charge < -0.3 is 0 Å². The molecule has 0 spiro atoms. The van der Waals surface area contributed by atoms with E-state index in [1.54, 1.807) is 92.8 Å². The van der Waals surface area contributed by atoms with Crippen LogP contribution in [0, 0.1) is 55.4 Å². The molecule has 0 aliphatic carbocycles. The highest BCUT2D eigenvalue weighted by Crippen LogP contribution is 1.90. The first kappa shape index (κ1) is 123. The lowest BCUT2D eigenvalue weighted by molar-refractivity contribution is 0.980. The molecule has 14 nitrogen and oxygen atoms in total. The van der Waals surface area contributed by atoms with Gasteiger partial charge in [0.05, 0.1) is 17.6 Å². The molecule has 0 fully saturated rings. The number of aryl methyl sites for hydroxylation is 8. The lowest BCUT2D eigenvalue weighted by Gasteiger charge is -1.82. The van der Waals surface area contributed by atoms with Crippen molar-refractivity contribution >= 4 is 0 Å². The van der Waals surface area contributed by atoms with Crippen LogP contribution in [0.15, 0.2) is 160 Å². The van der Waals surface area contributed by atoms with Gasteiger partial charge in [-0.1, -0.05) is 228 Å². The molecule has 0 saturated carbocycles. The van der Waals surface area contributed by atoms with Crippen molar-refractivity contribution in [3.05, 3.63) is 205 Å². The highest BCUT2D eigenvalue weighted by Gasteiger charge is 1.79. The van der Waals surface area contributed by atoms with E-state index < -0.39 is 0 Å².